The van der Waals surface area contributed by atoms with Gasteiger partial charge in [0.05, 0.1) is 0 Å². The Hall–Kier alpha value is -1.31. The van der Waals surface area contributed by atoms with Gasteiger partial charge in [-0.05, 0) is 71.4 Å². The van der Waals surface area contributed by atoms with Crippen molar-refractivity contribution >= 4 is 0 Å². The SMILES string of the molecule is CCn1cc(CN2CCC(C(C)N(C)C)CC2)cc1C#N. The van der Waals surface area contributed by atoms with E-state index in [1.54, 1.807) is 0 Å². The Labute approximate surface area is 129 Å². The molecule has 116 valence electrons. The average Bonchev–Trinajstić information content (AvgIpc) is 2.89. The molecule has 4 nitrogen and oxygen atoms in total. The highest BCUT2D eigenvalue weighted by atomic mass is 15.1. The summed E-state index contributed by atoms with van der Waals surface area (Å²) in [5.74, 6) is 0.811. The summed E-state index contributed by atoms with van der Waals surface area (Å²) in [6.07, 6.45) is 4.69. The molecule has 1 atom stereocenters. The molecule has 1 aliphatic rings. The summed E-state index contributed by atoms with van der Waals surface area (Å²) >= 11 is 0. The quantitative estimate of drug-likeness (QED) is 0.835. The summed E-state index contributed by atoms with van der Waals surface area (Å²) in [4.78, 5) is 4.86. The Balaban J connectivity index is 1.89. The van der Waals surface area contributed by atoms with Crippen LogP contribution in [-0.2, 0) is 13.1 Å². The van der Waals surface area contributed by atoms with Crippen LogP contribution in [0, 0.1) is 17.2 Å². The average molecular weight is 288 g/mol. The van der Waals surface area contributed by atoms with E-state index in [1.807, 2.05) is 10.6 Å². The third-order valence-corrected chi connectivity index (χ3v) is 4.94. The van der Waals surface area contributed by atoms with Crippen LogP contribution in [0.5, 0.6) is 0 Å². The van der Waals surface area contributed by atoms with Crippen LogP contribution in [0.25, 0.3) is 0 Å². The van der Waals surface area contributed by atoms with Crippen molar-refractivity contribution < 1.29 is 0 Å². The van der Waals surface area contributed by atoms with Gasteiger partial charge in [0.2, 0.25) is 0 Å². The van der Waals surface area contributed by atoms with Gasteiger partial charge < -0.3 is 9.47 Å². The van der Waals surface area contributed by atoms with Gasteiger partial charge in [0.25, 0.3) is 0 Å². The number of piperidine rings is 1. The molecule has 1 unspecified atom stereocenters. The molecule has 0 saturated carbocycles. The molecule has 0 radical (unpaired) electrons. The lowest BCUT2D eigenvalue weighted by atomic mass is 9.89. The van der Waals surface area contributed by atoms with Crippen molar-refractivity contribution in [2.75, 3.05) is 27.2 Å². The van der Waals surface area contributed by atoms with Gasteiger partial charge in [0, 0.05) is 25.3 Å². The number of nitrogens with zero attached hydrogens (tertiary/aromatic N) is 4. The van der Waals surface area contributed by atoms with Gasteiger partial charge in [-0.25, -0.2) is 0 Å². The van der Waals surface area contributed by atoms with Gasteiger partial charge in [-0.2, -0.15) is 5.26 Å². The zero-order valence-electron chi connectivity index (χ0n) is 13.8. The molecule has 0 aliphatic carbocycles. The Bertz CT molecular complexity index is 489. The first-order valence-corrected chi connectivity index (χ1v) is 8.03. The van der Waals surface area contributed by atoms with Crippen molar-refractivity contribution in [2.45, 2.75) is 45.8 Å². The van der Waals surface area contributed by atoms with E-state index < -0.39 is 0 Å². The number of aromatic nitrogens is 1. The van der Waals surface area contributed by atoms with Gasteiger partial charge in [0.1, 0.15) is 11.8 Å². The molecule has 2 heterocycles. The fraction of sp³-hybridized carbons (Fsp3) is 0.706. The van der Waals surface area contributed by atoms with E-state index in [1.165, 1.54) is 31.5 Å². The lowest BCUT2D eigenvalue weighted by Crippen LogP contribution is -2.41. The number of rotatable bonds is 5. The number of likely N-dealkylation sites (tertiary alicyclic amines) is 1. The smallest absolute Gasteiger partial charge is 0.120 e. The van der Waals surface area contributed by atoms with E-state index in [4.69, 9.17) is 5.26 Å². The zero-order valence-corrected chi connectivity index (χ0v) is 13.8. The maximum Gasteiger partial charge on any atom is 0.120 e. The van der Waals surface area contributed by atoms with Crippen LogP contribution in [0.3, 0.4) is 0 Å². The fourth-order valence-corrected chi connectivity index (χ4v) is 3.28. The highest BCUT2D eigenvalue weighted by Crippen LogP contribution is 2.24. The highest BCUT2D eigenvalue weighted by molar-refractivity contribution is 5.28. The van der Waals surface area contributed by atoms with E-state index in [9.17, 15) is 0 Å². The minimum absolute atomic E-state index is 0.665. The van der Waals surface area contributed by atoms with Gasteiger partial charge in [-0.15, -0.1) is 0 Å². The van der Waals surface area contributed by atoms with Crippen molar-refractivity contribution in [3.63, 3.8) is 0 Å². The lowest BCUT2D eigenvalue weighted by Gasteiger charge is -2.37. The molecule has 0 aromatic carbocycles. The first-order chi connectivity index (χ1) is 10.0. The standard InChI is InChI=1S/C17H28N4/c1-5-21-13-15(10-17(21)11-18)12-20-8-6-16(7-9-20)14(2)19(3)4/h10,13-14,16H,5-9,12H2,1-4H3. The first kappa shape index (κ1) is 16.1. The molecule has 0 spiro atoms. The molecule has 1 aromatic heterocycles. The molecular formula is C17H28N4. The predicted molar refractivity (Wildman–Crippen MR) is 86.0 cm³/mol. The second-order valence-electron chi connectivity index (χ2n) is 6.45. The Morgan fingerprint density at radius 3 is 2.52 bits per heavy atom. The van der Waals surface area contributed by atoms with Crippen molar-refractivity contribution in [3.05, 3.63) is 23.5 Å². The number of hydrogen-bond acceptors (Lipinski definition) is 3. The maximum absolute atomic E-state index is 9.13. The number of nitriles is 1. The molecule has 1 saturated heterocycles. The Kier molecular flexibility index (Phi) is 5.44. The van der Waals surface area contributed by atoms with Crippen LogP contribution in [0.4, 0.5) is 0 Å². The third kappa shape index (κ3) is 3.87. The highest BCUT2D eigenvalue weighted by Gasteiger charge is 2.25. The molecule has 1 aliphatic heterocycles. The predicted octanol–water partition coefficient (Wildman–Crippen LogP) is 2.54. The van der Waals surface area contributed by atoms with E-state index in [0.29, 0.717) is 6.04 Å². The van der Waals surface area contributed by atoms with Gasteiger partial charge in [-0.3, -0.25) is 4.90 Å². The molecule has 0 N–H and O–H groups in total. The summed E-state index contributed by atoms with van der Waals surface area (Å²) in [5.41, 5.74) is 2.05. The van der Waals surface area contributed by atoms with E-state index >= 15 is 0 Å². The van der Waals surface area contributed by atoms with Gasteiger partial charge in [-0.1, -0.05) is 0 Å². The van der Waals surface area contributed by atoms with Crippen LogP contribution < -0.4 is 0 Å². The van der Waals surface area contributed by atoms with Crippen LogP contribution >= 0.6 is 0 Å². The third-order valence-electron chi connectivity index (χ3n) is 4.94. The summed E-state index contributed by atoms with van der Waals surface area (Å²) in [6, 6.07) is 4.98. The first-order valence-electron chi connectivity index (χ1n) is 8.03. The topological polar surface area (TPSA) is 35.2 Å². The van der Waals surface area contributed by atoms with Crippen LogP contribution in [-0.4, -0.2) is 47.6 Å². The van der Waals surface area contributed by atoms with Crippen LogP contribution in [0.2, 0.25) is 0 Å². The molecule has 0 amide bonds. The normalized spacial score (nSPS) is 18.9. The largest absolute Gasteiger partial charge is 0.339 e. The van der Waals surface area contributed by atoms with Crippen molar-refractivity contribution in [2.24, 2.45) is 5.92 Å². The molecule has 2 rings (SSSR count). The zero-order chi connectivity index (χ0) is 15.4. The maximum atomic E-state index is 9.13. The molecule has 4 heteroatoms. The second-order valence-corrected chi connectivity index (χ2v) is 6.45. The Morgan fingerprint density at radius 1 is 1.38 bits per heavy atom. The van der Waals surface area contributed by atoms with Crippen LogP contribution in [0.1, 0.15) is 37.9 Å². The van der Waals surface area contributed by atoms with Gasteiger partial charge in [0.15, 0.2) is 0 Å². The second kappa shape index (κ2) is 7.11. The molecule has 1 aromatic rings. The van der Waals surface area contributed by atoms with Crippen molar-refractivity contribution in [1.29, 1.82) is 5.26 Å². The number of hydrogen-bond donors (Lipinski definition) is 0. The van der Waals surface area contributed by atoms with E-state index in [-0.39, 0.29) is 0 Å². The summed E-state index contributed by atoms with van der Waals surface area (Å²) in [6.45, 7) is 8.60. The van der Waals surface area contributed by atoms with E-state index in [0.717, 1.165) is 24.7 Å². The lowest BCUT2D eigenvalue weighted by molar-refractivity contribution is 0.121. The minimum Gasteiger partial charge on any atom is -0.339 e. The molecular weight excluding hydrogens is 260 g/mol. The molecule has 0 bridgehead atoms. The summed E-state index contributed by atoms with van der Waals surface area (Å²) in [7, 11) is 4.35. The van der Waals surface area contributed by atoms with E-state index in [2.05, 4.69) is 50.0 Å². The summed E-state index contributed by atoms with van der Waals surface area (Å²) < 4.78 is 2.04. The van der Waals surface area contributed by atoms with Crippen molar-refractivity contribution in [1.82, 2.24) is 14.4 Å². The molecule has 21 heavy (non-hydrogen) atoms. The van der Waals surface area contributed by atoms with Crippen LogP contribution in [0.15, 0.2) is 12.3 Å². The minimum atomic E-state index is 0.665. The number of aryl methyl sites for hydroxylation is 1. The molecule has 1 fully saturated rings. The fourth-order valence-electron chi connectivity index (χ4n) is 3.28. The van der Waals surface area contributed by atoms with Gasteiger partial charge >= 0.3 is 0 Å². The Morgan fingerprint density at radius 2 is 2.05 bits per heavy atom. The van der Waals surface area contributed by atoms with Crippen molar-refractivity contribution in [3.8, 4) is 6.07 Å². The monoisotopic (exact) mass is 288 g/mol. The summed E-state index contributed by atoms with van der Waals surface area (Å²) in [5, 5.41) is 9.13.